The van der Waals surface area contributed by atoms with E-state index in [-0.39, 0.29) is 5.91 Å². The molecule has 2 aliphatic rings. The van der Waals surface area contributed by atoms with Crippen LogP contribution in [0.2, 0.25) is 0 Å². The molecule has 1 amide bonds. The summed E-state index contributed by atoms with van der Waals surface area (Å²) >= 11 is 0. The number of amides is 1. The van der Waals surface area contributed by atoms with E-state index in [4.69, 9.17) is 0 Å². The fraction of sp³-hybridized carbons (Fsp3) is 0.400. The summed E-state index contributed by atoms with van der Waals surface area (Å²) in [6.07, 6.45) is 1.56. The maximum absolute atomic E-state index is 12.5. The number of hydrogen-bond donors (Lipinski definition) is 1. The SMILES string of the molecule is O=C(c1cnn(-c2ccccc2)n1)N1CC2CNCC2C1. The van der Waals surface area contributed by atoms with E-state index in [0.717, 1.165) is 31.9 Å². The lowest BCUT2D eigenvalue weighted by atomic mass is 10.0. The molecular weight excluding hydrogens is 266 g/mol. The quantitative estimate of drug-likeness (QED) is 0.874. The van der Waals surface area contributed by atoms with Gasteiger partial charge < -0.3 is 10.2 Å². The van der Waals surface area contributed by atoms with Crippen molar-refractivity contribution in [2.45, 2.75) is 0 Å². The molecule has 2 unspecified atom stereocenters. The summed E-state index contributed by atoms with van der Waals surface area (Å²) in [4.78, 5) is 15.9. The van der Waals surface area contributed by atoms with Crippen LogP contribution >= 0.6 is 0 Å². The average Bonchev–Trinajstić information content (AvgIpc) is 3.22. The van der Waals surface area contributed by atoms with Crippen LogP contribution in [0.5, 0.6) is 0 Å². The first-order valence-electron chi connectivity index (χ1n) is 7.29. The molecular formula is C15H17N5O. The second kappa shape index (κ2) is 4.96. The van der Waals surface area contributed by atoms with Gasteiger partial charge in [-0.2, -0.15) is 9.90 Å². The summed E-state index contributed by atoms with van der Waals surface area (Å²) in [5.74, 6) is 1.18. The van der Waals surface area contributed by atoms with E-state index in [9.17, 15) is 4.79 Å². The van der Waals surface area contributed by atoms with Crippen molar-refractivity contribution in [3.8, 4) is 5.69 Å². The lowest BCUT2D eigenvalue weighted by molar-refractivity contribution is 0.0775. The average molecular weight is 283 g/mol. The molecule has 2 aromatic rings. The van der Waals surface area contributed by atoms with Gasteiger partial charge in [0, 0.05) is 26.2 Å². The number of benzene rings is 1. The molecule has 1 aromatic heterocycles. The first kappa shape index (κ1) is 12.5. The van der Waals surface area contributed by atoms with E-state index < -0.39 is 0 Å². The third-order valence-corrected chi connectivity index (χ3v) is 4.37. The predicted molar refractivity (Wildman–Crippen MR) is 77.1 cm³/mol. The van der Waals surface area contributed by atoms with E-state index in [1.54, 1.807) is 6.20 Å². The van der Waals surface area contributed by atoms with Crippen molar-refractivity contribution in [1.82, 2.24) is 25.2 Å². The predicted octanol–water partition coefficient (Wildman–Crippen LogP) is 0.559. The molecule has 6 heteroatoms. The zero-order valence-corrected chi connectivity index (χ0v) is 11.6. The topological polar surface area (TPSA) is 63.1 Å². The molecule has 0 radical (unpaired) electrons. The number of nitrogens with one attached hydrogen (secondary N) is 1. The van der Waals surface area contributed by atoms with Crippen molar-refractivity contribution in [2.75, 3.05) is 26.2 Å². The zero-order valence-electron chi connectivity index (χ0n) is 11.6. The zero-order chi connectivity index (χ0) is 14.2. The summed E-state index contributed by atoms with van der Waals surface area (Å²) in [6.45, 7) is 3.69. The highest BCUT2D eigenvalue weighted by Crippen LogP contribution is 2.27. The Hall–Kier alpha value is -2.21. The lowest BCUT2D eigenvalue weighted by Gasteiger charge is -2.15. The smallest absolute Gasteiger partial charge is 0.276 e. The third kappa shape index (κ3) is 2.21. The molecule has 108 valence electrons. The molecule has 4 rings (SSSR count). The van der Waals surface area contributed by atoms with Crippen LogP contribution in [0.3, 0.4) is 0 Å². The number of carbonyl (C=O) groups excluding carboxylic acids is 1. The number of para-hydroxylation sites is 1. The summed E-state index contributed by atoms with van der Waals surface area (Å²) in [5.41, 5.74) is 1.28. The van der Waals surface area contributed by atoms with Crippen LogP contribution in [-0.2, 0) is 0 Å². The number of aromatic nitrogens is 3. The van der Waals surface area contributed by atoms with Crippen LogP contribution in [-0.4, -0.2) is 52.0 Å². The van der Waals surface area contributed by atoms with Gasteiger partial charge in [0.2, 0.25) is 0 Å². The first-order chi connectivity index (χ1) is 10.3. The van der Waals surface area contributed by atoms with Crippen LogP contribution in [0.25, 0.3) is 5.69 Å². The van der Waals surface area contributed by atoms with Gasteiger partial charge in [0.1, 0.15) is 0 Å². The molecule has 6 nitrogen and oxygen atoms in total. The van der Waals surface area contributed by atoms with Gasteiger partial charge in [0.15, 0.2) is 5.69 Å². The standard InChI is InChI=1S/C15H17N5O/c21-15(19-9-11-6-16-7-12(11)10-19)14-8-17-20(18-14)13-4-2-1-3-5-13/h1-5,8,11-12,16H,6-7,9-10H2. The third-order valence-electron chi connectivity index (χ3n) is 4.37. The van der Waals surface area contributed by atoms with Crippen LogP contribution < -0.4 is 5.32 Å². The number of likely N-dealkylation sites (tertiary alicyclic amines) is 1. The van der Waals surface area contributed by atoms with Crippen LogP contribution in [0, 0.1) is 11.8 Å². The van der Waals surface area contributed by atoms with Crippen molar-refractivity contribution in [2.24, 2.45) is 11.8 Å². The maximum Gasteiger partial charge on any atom is 0.276 e. The number of carbonyl (C=O) groups is 1. The Morgan fingerprint density at radius 2 is 1.86 bits per heavy atom. The van der Waals surface area contributed by atoms with Crippen LogP contribution in [0.15, 0.2) is 36.5 Å². The Kier molecular flexibility index (Phi) is 2.96. The summed E-state index contributed by atoms with van der Waals surface area (Å²) in [5, 5.41) is 11.9. The van der Waals surface area contributed by atoms with Gasteiger partial charge in [0.25, 0.3) is 5.91 Å². The van der Waals surface area contributed by atoms with E-state index in [1.807, 2.05) is 35.2 Å². The van der Waals surface area contributed by atoms with E-state index in [0.29, 0.717) is 17.5 Å². The van der Waals surface area contributed by atoms with E-state index >= 15 is 0 Å². The Labute approximate surface area is 122 Å². The minimum Gasteiger partial charge on any atom is -0.337 e. The van der Waals surface area contributed by atoms with Gasteiger partial charge in [-0.1, -0.05) is 18.2 Å². The molecule has 0 bridgehead atoms. The van der Waals surface area contributed by atoms with Gasteiger partial charge >= 0.3 is 0 Å². The Morgan fingerprint density at radius 1 is 1.14 bits per heavy atom. The molecule has 1 aromatic carbocycles. The number of rotatable bonds is 2. The van der Waals surface area contributed by atoms with E-state index in [1.165, 1.54) is 4.80 Å². The molecule has 1 N–H and O–H groups in total. The van der Waals surface area contributed by atoms with E-state index in [2.05, 4.69) is 15.5 Å². The number of hydrogen-bond acceptors (Lipinski definition) is 4. The molecule has 3 heterocycles. The summed E-state index contributed by atoms with van der Waals surface area (Å²) in [6, 6.07) is 9.63. The second-order valence-electron chi connectivity index (χ2n) is 5.74. The number of fused-ring (bicyclic) bond motifs is 1. The van der Waals surface area contributed by atoms with Crippen molar-refractivity contribution in [3.05, 3.63) is 42.2 Å². The molecule has 2 atom stereocenters. The van der Waals surface area contributed by atoms with Crippen molar-refractivity contribution < 1.29 is 4.79 Å². The second-order valence-corrected chi connectivity index (χ2v) is 5.74. The molecule has 0 spiro atoms. The Morgan fingerprint density at radius 3 is 2.57 bits per heavy atom. The molecule has 2 saturated heterocycles. The molecule has 0 saturated carbocycles. The fourth-order valence-electron chi connectivity index (χ4n) is 3.23. The first-order valence-corrected chi connectivity index (χ1v) is 7.29. The highest BCUT2D eigenvalue weighted by atomic mass is 16.2. The number of nitrogens with zero attached hydrogens (tertiary/aromatic N) is 4. The largest absolute Gasteiger partial charge is 0.337 e. The molecule has 0 aliphatic carbocycles. The monoisotopic (exact) mass is 283 g/mol. The van der Waals surface area contributed by atoms with Crippen molar-refractivity contribution >= 4 is 5.91 Å². The van der Waals surface area contributed by atoms with Gasteiger partial charge in [-0.15, -0.1) is 5.10 Å². The Bertz CT molecular complexity index is 641. The van der Waals surface area contributed by atoms with Crippen molar-refractivity contribution in [1.29, 1.82) is 0 Å². The minimum absolute atomic E-state index is 0.00780. The van der Waals surface area contributed by atoms with Crippen LogP contribution in [0.4, 0.5) is 0 Å². The van der Waals surface area contributed by atoms with Crippen LogP contribution in [0.1, 0.15) is 10.5 Å². The maximum atomic E-state index is 12.5. The minimum atomic E-state index is -0.00780. The Balaban J connectivity index is 1.52. The van der Waals surface area contributed by atoms with Gasteiger partial charge in [-0.3, -0.25) is 4.79 Å². The summed E-state index contributed by atoms with van der Waals surface area (Å²) in [7, 11) is 0. The molecule has 2 aliphatic heterocycles. The molecule has 2 fully saturated rings. The highest BCUT2D eigenvalue weighted by Gasteiger charge is 2.38. The highest BCUT2D eigenvalue weighted by molar-refractivity contribution is 5.92. The fourth-order valence-corrected chi connectivity index (χ4v) is 3.23. The molecule has 21 heavy (non-hydrogen) atoms. The van der Waals surface area contributed by atoms with Gasteiger partial charge in [0.05, 0.1) is 11.9 Å². The lowest BCUT2D eigenvalue weighted by Crippen LogP contribution is -2.32. The normalized spacial score (nSPS) is 24.3. The van der Waals surface area contributed by atoms with Gasteiger partial charge in [-0.05, 0) is 24.0 Å². The van der Waals surface area contributed by atoms with Crippen molar-refractivity contribution in [3.63, 3.8) is 0 Å². The summed E-state index contributed by atoms with van der Waals surface area (Å²) < 4.78 is 0. The van der Waals surface area contributed by atoms with Gasteiger partial charge in [-0.25, -0.2) is 0 Å².